The molecule has 6 heteroatoms. The van der Waals surface area contributed by atoms with Crippen LogP contribution < -0.4 is 15.5 Å². The Morgan fingerprint density at radius 3 is 2.16 bits per heavy atom. The molecular formula is C32H34N4O2. The van der Waals surface area contributed by atoms with Crippen LogP contribution in [-0.4, -0.2) is 42.9 Å². The zero-order valence-corrected chi connectivity index (χ0v) is 22.2. The van der Waals surface area contributed by atoms with Gasteiger partial charge in [0.15, 0.2) is 5.78 Å². The highest BCUT2D eigenvalue weighted by Crippen LogP contribution is 2.29. The molecule has 3 aromatic carbocycles. The lowest BCUT2D eigenvalue weighted by atomic mass is 9.90. The number of ketones is 1. The SMILES string of the molecule is Cc1ccc(C(=O)c2ccccc2C(=O)NC2CCC(Nc3cc(N(C)C)c4ccccc4n3)CC2)cc1. The van der Waals surface area contributed by atoms with Gasteiger partial charge in [0.05, 0.1) is 11.1 Å². The molecule has 1 heterocycles. The van der Waals surface area contributed by atoms with Crippen molar-refractivity contribution in [1.29, 1.82) is 0 Å². The van der Waals surface area contributed by atoms with E-state index in [1.807, 2.05) is 63.5 Å². The maximum Gasteiger partial charge on any atom is 0.252 e. The van der Waals surface area contributed by atoms with Gasteiger partial charge in [0.2, 0.25) is 0 Å². The van der Waals surface area contributed by atoms with Crippen LogP contribution in [0.3, 0.4) is 0 Å². The summed E-state index contributed by atoms with van der Waals surface area (Å²) in [7, 11) is 4.10. The van der Waals surface area contributed by atoms with E-state index < -0.39 is 0 Å². The number of aromatic nitrogens is 1. The number of fused-ring (bicyclic) bond motifs is 1. The quantitative estimate of drug-likeness (QED) is 0.301. The Morgan fingerprint density at radius 2 is 1.45 bits per heavy atom. The van der Waals surface area contributed by atoms with Crippen molar-refractivity contribution >= 4 is 34.1 Å². The van der Waals surface area contributed by atoms with Crippen LogP contribution in [0.4, 0.5) is 11.5 Å². The minimum atomic E-state index is -0.190. The van der Waals surface area contributed by atoms with E-state index in [4.69, 9.17) is 4.98 Å². The molecule has 0 aliphatic heterocycles. The third kappa shape index (κ3) is 5.54. The van der Waals surface area contributed by atoms with E-state index in [9.17, 15) is 9.59 Å². The normalized spacial score (nSPS) is 17.1. The Bertz CT molecular complexity index is 1450. The van der Waals surface area contributed by atoms with E-state index in [2.05, 4.69) is 27.7 Å². The zero-order valence-electron chi connectivity index (χ0n) is 22.2. The fourth-order valence-electron chi connectivity index (χ4n) is 5.19. The molecule has 1 aromatic heterocycles. The summed E-state index contributed by atoms with van der Waals surface area (Å²) in [5, 5.41) is 7.94. The highest BCUT2D eigenvalue weighted by Gasteiger charge is 2.25. The minimum absolute atomic E-state index is 0.0741. The molecular weight excluding hydrogens is 472 g/mol. The number of carbonyl (C=O) groups is 2. The van der Waals surface area contributed by atoms with E-state index in [1.165, 1.54) is 0 Å². The van der Waals surface area contributed by atoms with Crippen molar-refractivity contribution < 1.29 is 9.59 Å². The van der Waals surface area contributed by atoms with Crippen LogP contribution in [0.2, 0.25) is 0 Å². The van der Waals surface area contributed by atoms with E-state index >= 15 is 0 Å². The number of para-hydroxylation sites is 1. The van der Waals surface area contributed by atoms with E-state index in [-0.39, 0.29) is 17.7 Å². The molecule has 1 fully saturated rings. The predicted octanol–water partition coefficient (Wildman–Crippen LogP) is 5.99. The molecule has 5 rings (SSSR count). The van der Waals surface area contributed by atoms with Gasteiger partial charge in [-0.15, -0.1) is 0 Å². The van der Waals surface area contributed by atoms with Crippen LogP contribution >= 0.6 is 0 Å². The van der Waals surface area contributed by atoms with Crippen molar-refractivity contribution in [2.24, 2.45) is 0 Å². The summed E-state index contributed by atoms with van der Waals surface area (Å²) < 4.78 is 0. The second kappa shape index (κ2) is 11.1. The Kier molecular flexibility index (Phi) is 7.40. The largest absolute Gasteiger partial charge is 0.377 e. The van der Waals surface area contributed by atoms with Crippen molar-refractivity contribution in [3.63, 3.8) is 0 Å². The summed E-state index contributed by atoms with van der Waals surface area (Å²) in [5.41, 5.74) is 4.64. The molecule has 0 spiro atoms. The van der Waals surface area contributed by atoms with Gasteiger partial charge in [-0.3, -0.25) is 9.59 Å². The van der Waals surface area contributed by atoms with Crippen LogP contribution in [0.15, 0.2) is 78.9 Å². The van der Waals surface area contributed by atoms with Gasteiger partial charge in [-0.2, -0.15) is 0 Å². The molecule has 2 N–H and O–H groups in total. The van der Waals surface area contributed by atoms with Gasteiger partial charge in [-0.05, 0) is 44.7 Å². The van der Waals surface area contributed by atoms with Crippen LogP contribution in [0, 0.1) is 6.92 Å². The van der Waals surface area contributed by atoms with Crippen molar-refractivity contribution in [2.75, 3.05) is 24.3 Å². The lowest BCUT2D eigenvalue weighted by Crippen LogP contribution is -2.40. The Labute approximate surface area is 224 Å². The highest BCUT2D eigenvalue weighted by molar-refractivity contribution is 6.15. The molecule has 38 heavy (non-hydrogen) atoms. The summed E-state index contributed by atoms with van der Waals surface area (Å²) in [4.78, 5) is 33.3. The highest BCUT2D eigenvalue weighted by atomic mass is 16.2. The molecule has 0 saturated heterocycles. The third-order valence-electron chi connectivity index (χ3n) is 7.32. The van der Waals surface area contributed by atoms with Gasteiger partial charge in [-0.25, -0.2) is 4.98 Å². The second-order valence-electron chi connectivity index (χ2n) is 10.3. The predicted molar refractivity (Wildman–Crippen MR) is 154 cm³/mol. The fraction of sp³-hybridized carbons (Fsp3) is 0.281. The van der Waals surface area contributed by atoms with Crippen LogP contribution in [-0.2, 0) is 0 Å². The summed E-state index contributed by atoms with van der Waals surface area (Å²) in [6.45, 7) is 1.99. The van der Waals surface area contributed by atoms with Crippen molar-refractivity contribution in [1.82, 2.24) is 10.3 Å². The Hall–Kier alpha value is -4.19. The number of benzene rings is 3. The van der Waals surface area contributed by atoms with Gasteiger partial charge in [0, 0.05) is 54.4 Å². The first-order chi connectivity index (χ1) is 18.4. The molecule has 4 aromatic rings. The van der Waals surface area contributed by atoms with Gasteiger partial charge in [0.1, 0.15) is 5.82 Å². The second-order valence-corrected chi connectivity index (χ2v) is 10.3. The third-order valence-corrected chi connectivity index (χ3v) is 7.32. The van der Waals surface area contributed by atoms with E-state index in [0.29, 0.717) is 22.7 Å². The molecule has 194 valence electrons. The number of carbonyl (C=O) groups excluding carboxylic acids is 2. The van der Waals surface area contributed by atoms with Gasteiger partial charge >= 0.3 is 0 Å². The molecule has 0 radical (unpaired) electrons. The molecule has 1 aliphatic rings. The van der Waals surface area contributed by atoms with Crippen LogP contribution in [0.5, 0.6) is 0 Å². The number of nitrogens with one attached hydrogen (secondary N) is 2. The molecule has 0 atom stereocenters. The maximum absolute atomic E-state index is 13.2. The molecule has 1 saturated carbocycles. The van der Waals surface area contributed by atoms with E-state index in [0.717, 1.165) is 53.7 Å². The summed E-state index contributed by atoms with van der Waals surface area (Å²) in [6.07, 6.45) is 3.60. The van der Waals surface area contributed by atoms with E-state index in [1.54, 1.807) is 24.3 Å². The monoisotopic (exact) mass is 506 g/mol. The zero-order chi connectivity index (χ0) is 26.6. The average Bonchev–Trinajstić information content (AvgIpc) is 2.93. The standard InChI is InChI=1S/C32H34N4O2/c1-21-12-14-22(15-13-21)31(37)25-8-4-5-9-26(25)32(38)34-24-18-16-23(17-19-24)33-30-20-29(36(2)3)27-10-6-7-11-28(27)35-30/h4-15,20,23-24H,16-19H2,1-3H3,(H,33,35)(H,34,38). The first-order valence-electron chi connectivity index (χ1n) is 13.2. The summed E-state index contributed by atoms with van der Waals surface area (Å²) in [6, 6.07) is 25.2. The van der Waals surface area contributed by atoms with Crippen molar-refractivity contribution in [3.8, 4) is 0 Å². The molecule has 1 aliphatic carbocycles. The Balaban J connectivity index is 1.22. The summed E-state index contributed by atoms with van der Waals surface area (Å²) in [5.74, 6) is 0.552. The smallest absolute Gasteiger partial charge is 0.252 e. The van der Waals surface area contributed by atoms with Gasteiger partial charge in [-0.1, -0.05) is 66.2 Å². The molecule has 6 nitrogen and oxygen atoms in total. The Morgan fingerprint density at radius 1 is 0.816 bits per heavy atom. The number of nitrogens with zero attached hydrogens (tertiary/aromatic N) is 2. The number of amides is 1. The number of pyridine rings is 1. The number of aryl methyl sites for hydroxylation is 1. The number of rotatable bonds is 7. The van der Waals surface area contributed by atoms with Crippen LogP contribution in [0.1, 0.15) is 57.5 Å². The van der Waals surface area contributed by atoms with Crippen LogP contribution in [0.25, 0.3) is 10.9 Å². The average molecular weight is 507 g/mol. The minimum Gasteiger partial charge on any atom is -0.377 e. The van der Waals surface area contributed by atoms with Gasteiger partial charge in [0.25, 0.3) is 5.91 Å². The molecule has 0 bridgehead atoms. The summed E-state index contributed by atoms with van der Waals surface area (Å²) >= 11 is 0. The topological polar surface area (TPSA) is 74.3 Å². The first kappa shape index (κ1) is 25.5. The lowest BCUT2D eigenvalue weighted by Gasteiger charge is -2.30. The number of anilines is 2. The first-order valence-corrected chi connectivity index (χ1v) is 13.2. The van der Waals surface area contributed by atoms with Crippen molar-refractivity contribution in [2.45, 2.75) is 44.7 Å². The molecule has 1 amide bonds. The number of hydrogen-bond acceptors (Lipinski definition) is 5. The fourth-order valence-corrected chi connectivity index (χ4v) is 5.19. The van der Waals surface area contributed by atoms with Crippen molar-refractivity contribution in [3.05, 3.63) is 101 Å². The lowest BCUT2D eigenvalue weighted by molar-refractivity contribution is 0.0917. The maximum atomic E-state index is 13.2. The van der Waals surface area contributed by atoms with Gasteiger partial charge < -0.3 is 15.5 Å². The molecule has 0 unspecified atom stereocenters. The number of hydrogen-bond donors (Lipinski definition) is 2.